The first kappa shape index (κ1) is 21.9. The fourth-order valence-corrected chi connectivity index (χ4v) is 8.69. The quantitative estimate of drug-likeness (QED) is 0.401. The third-order valence-corrected chi connectivity index (χ3v) is 8.51. The summed E-state index contributed by atoms with van der Waals surface area (Å²) in [6, 6.07) is 10.2. The lowest BCUT2D eigenvalue weighted by molar-refractivity contribution is 0.186. The Bertz CT molecular complexity index is 545. The normalized spacial score (nSPS) is 14.4. The van der Waals surface area contributed by atoms with Gasteiger partial charge in [-0.3, -0.25) is 0 Å². The van der Waals surface area contributed by atoms with Gasteiger partial charge in [-0.25, -0.2) is 0 Å². The maximum Gasteiger partial charge on any atom is 0.248 e. The van der Waals surface area contributed by atoms with E-state index in [4.69, 9.17) is 20.9 Å². The molecule has 0 aliphatic rings. The number of aliphatic hydroxyl groups is 1. The van der Waals surface area contributed by atoms with E-state index in [-0.39, 0.29) is 24.1 Å². The summed E-state index contributed by atoms with van der Waals surface area (Å²) in [6.07, 6.45) is 2.84. The topological polar surface area (TPSA) is 38.7 Å². The van der Waals surface area contributed by atoms with Gasteiger partial charge in [0.1, 0.15) is 0 Å². The van der Waals surface area contributed by atoms with Crippen molar-refractivity contribution in [3.8, 4) is 0 Å². The molecule has 0 radical (unpaired) electrons. The molecule has 0 heterocycles. The summed E-state index contributed by atoms with van der Waals surface area (Å²) in [6.45, 7) is 10.1. The Morgan fingerprint density at radius 1 is 1.17 bits per heavy atom. The smallest absolute Gasteiger partial charge is 0.248 e. The third kappa shape index (κ3) is 8.28. The van der Waals surface area contributed by atoms with Crippen LogP contribution >= 0.6 is 17.1 Å². The van der Waals surface area contributed by atoms with Crippen molar-refractivity contribution in [1.82, 2.24) is 0 Å². The maximum atomic E-state index is 9.18. The summed E-state index contributed by atoms with van der Waals surface area (Å²) in [5.41, 5.74) is -0.191. The first-order valence-corrected chi connectivity index (χ1v) is 12.4. The van der Waals surface area contributed by atoms with Gasteiger partial charge in [0.2, 0.25) is 5.69 Å². The lowest BCUT2D eigenvalue weighted by atomic mass is 10.1. The molecule has 0 saturated heterocycles. The van der Waals surface area contributed by atoms with Crippen LogP contribution in [-0.2, 0) is 20.9 Å². The lowest BCUT2D eigenvalue weighted by Gasteiger charge is -2.28. The fourth-order valence-electron chi connectivity index (χ4n) is 2.08. The predicted octanol–water partition coefficient (Wildman–Crippen LogP) is 5.86. The van der Waals surface area contributed by atoms with Crippen molar-refractivity contribution in [3.63, 3.8) is 0 Å². The number of aliphatic hydroxyl groups excluding tert-OH is 1. The second-order valence-corrected chi connectivity index (χ2v) is 12.4. The number of benzene rings is 1. The molecule has 0 bridgehead atoms. The van der Waals surface area contributed by atoms with Crippen LogP contribution in [-0.4, -0.2) is 23.9 Å². The molecule has 6 heteroatoms. The molecule has 24 heavy (non-hydrogen) atoms. The second kappa shape index (κ2) is 10.7. The van der Waals surface area contributed by atoms with E-state index in [1.807, 2.05) is 52.8 Å². The zero-order valence-corrected chi connectivity index (χ0v) is 17.7. The van der Waals surface area contributed by atoms with Gasteiger partial charge in [0, 0.05) is 6.61 Å². The Hall–Kier alpha value is -0.160. The number of hydrogen-bond donors (Lipinski definition) is 1. The van der Waals surface area contributed by atoms with Crippen molar-refractivity contribution in [2.45, 2.75) is 58.5 Å². The van der Waals surface area contributed by atoms with Crippen molar-refractivity contribution in [1.29, 1.82) is 0 Å². The van der Waals surface area contributed by atoms with Crippen LogP contribution in [0.1, 0.15) is 51.9 Å². The minimum atomic E-state index is -2.49. The van der Waals surface area contributed by atoms with Crippen LogP contribution in [0.15, 0.2) is 42.0 Å². The average molecular weight is 389 g/mol. The van der Waals surface area contributed by atoms with Gasteiger partial charge < -0.3 is 14.2 Å². The van der Waals surface area contributed by atoms with E-state index in [0.29, 0.717) is 6.42 Å². The number of hydrogen-bond acceptors (Lipinski definition) is 5. The summed E-state index contributed by atoms with van der Waals surface area (Å²) < 4.78 is 12.1. The third-order valence-electron chi connectivity index (χ3n) is 2.99. The Balaban J connectivity index is 3.12. The van der Waals surface area contributed by atoms with Gasteiger partial charge in [0.15, 0.2) is 0 Å². The molecule has 136 valence electrons. The van der Waals surface area contributed by atoms with E-state index >= 15 is 0 Å². The Kier molecular flexibility index (Phi) is 9.80. The molecular weight excluding hydrogens is 359 g/mol. The lowest BCUT2D eigenvalue weighted by Crippen LogP contribution is -2.07. The summed E-state index contributed by atoms with van der Waals surface area (Å²) in [7, 11) is 0. The Labute approximate surface area is 155 Å². The SMILES string of the molecule is C/C(=C/C(SP(=S)(OC(C)C)OC(C)C)c1ccccc1)CCO. The summed E-state index contributed by atoms with van der Waals surface area (Å²) in [4.78, 5) is 0. The second-order valence-electron chi connectivity index (χ2n) is 6.18. The summed E-state index contributed by atoms with van der Waals surface area (Å²) in [5, 5.41) is 9.22. The molecule has 0 aliphatic heterocycles. The highest BCUT2D eigenvalue weighted by Gasteiger charge is 2.28. The molecule has 0 fully saturated rings. The minimum Gasteiger partial charge on any atom is -0.396 e. The van der Waals surface area contributed by atoms with E-state index < -0.39 is 5.69 Å². The molecule has 1 N–H and O–H groups in total. The Morgan fingerprint density at radius 2 is 1.71 bits per heavy atom. The molecule has 1 aromatic carbocycles. The standard InChI is InChI=1S/C18H29O3PS2/c1-14(2)20-22(23,21-15(3)4)24-18(13-16(5)11-12-19)17-9-7-6-8-10-17/h6-10,13-15,18-19H,11-12H2,1-5H3/b16-13-. The van der Waals surface area contributed by atoms with Crippen LogP contribution in [0, 0.1) is 0 Å². The van der Waals surface area contributed by atoms with Crippen molar-refractivity contribution in [2.24, 2.45) is 0 Å². The van der Waals surface area contributed by atoms with Crippen LogP contribution in [0.5, 0.6) is 0 Å². The molecule has 0 aromatic heterocycles. The van der Waals surface area contributed by atoms with Crippen LogP contribution in [0.3, 0.4) is 0 Å². The molecule has 0 spiro atoms. The van der Waals surface area contributed by atoms with Gasteiger partial charge in [-0.15, -0.1) is 0 Å². The van der Waals surface area contributed by atoms with E-state index in [9.17, 15) is 5.11 Å². The fraction of sp³-hybridized carbons (Fsp3) is 0.556. The van der Waals surface area contributed by atoms with Crippen molar-refractivity contribution < 1.29 is 14.2 Å². The first-order valence-electron chi connectivity index (χ1n) is 8.24. The summed E-state index contributed by atoms with van der Waals surface area (Å²) >= 11 is 7.38. The van der Waals surface area contributed by atoms with Gasteiger partial charge >= 0.3 is 0 Å². The molecule has 0 saturated carbocycles. The highest BCUT2D eigenvalue weighted by atomic mass is 32.9. The average Bonchev–Trinajstić information content (AvgIpc) is 2.45. The van der Waals surface area contributed by atoms with Crippen LogP contribution in [0.2, 0.25) is 0 Å². The van der Waals surface area contributed by atoms with Gasteiger partial charge in [0.05, 0.1) is 17.5 Å². The maximum absolute atomic E-state index is 9.18. The molecule has 0 aliphatic carbocycles. The predicted molar refractivity (Wildman–Crippen MR) is 109 cm³/mol. The van der Waals surface area contributed by atoms with Crippen molar-refractivity contribution in [3.05, 3.63) is 47.5 Å². The first-order chi connectivity index (χ1) is 11.3. The molecule has 0 amide bonds. The monoisotopic (exact) mass is 388 g/mol. The van der Waals surface area contributed by atoms with Crippen LogP contribution in [0.4, 0.5) is 0 Å². The molecular formula is C18H29O3PS2. The van der Waals surface area contributed by atoms with E-state index in [2.05, 4.69) is 18.2 Å². The van der Waals surface area contributed by atoms with E-state index in [0.717, 1.165) is 11.1 Å². The summed E-state index contributed by atoms with van der Waals surface area (Å²) in [5.74, 6) is 0. The van der Waals surface area contributed by atoms with E-state index in [1.165, 1.54) is 0 Å². The number of rotatable bonds is 10. The zero-order valence-electron chi connectivity index (χ0n) is 15.1. The largest absolute Gasteiger partial charge is 0.396 e. The van der Waals surface area contributed by atoms with Crippen molar-refractivity contribution >= 4 is 28.9 Å². The minimum absolute atomic E-state index is 0.0148. The van der Waals surface area contributed by atoms with Gasteiger partial charge in [-0.2, -0.15) is 0 Å². The van der Waals surface area contributed by atoms with Gasteiger partial charge in [0.25, 0.3) is 0 Å². The Morgan fingerprint density at radius 3 is 2.17 bits per heavy atom. The highest BCUT2D eigenvalue weighted by Crippen LogP contribution is 2.67. The molecule has 1 aromatic rings. The van der Waals surface area contributed by atoms with Gasteiger partial charge in [-0.1, -0.05) is 53.4 Å². The highest BCUT2D eigenvalue weighted by molar-refractivity contribution is 8.68. The van der Waals surface area contributed by atoms with Crippen molar-refractivity contribution in [2.75, 3.05) is 6.61 Å². The van der Waals surface area contributed by atoms with E-state index in [1.54, 1.807) is 11.4 Å². The molecule has 1 unspecified atom stereocenters. The van der Waals surface area contributed by atoms with Crippen LogP contribution in [0.25, 0.3) is 0 Å². The molecule has 1 atom stereocenters. The molecule has 3 nitrogen and oxygen atoms in total. The molecule has 1 rings (SSSR count). The zero-order chi connectivity index (χ0) is 18.2. The van der Waals surface area contributed by atoms with Gasteiger partial charge in [-0.05, 0) is 58.4 Å². The van der Waals surface area contributed by atoms with Crippen LogP contribution < -0.4 is 0 Å².